The molecule has 5 heteroatoms. The number of aliphatic hydroxyl groups excluding tert-OH is 1. The van der Waals surface area contributed by atoms with Crippen LogP contribution in [0.25, 0.3) is 5.65 Å². The summed E-state index contributed by atoms with van der Waals surface area (Å²) in [5, 5.41) is 9.00. The molecule has 0 saturated heterocycles. The van der Waals surface area contributed by atoms with Crippen LogP contribution in [0.2, 0.25) is 0 Å². The molecule has 0 aliphatic rings. The van der Waals surface area contributed by atoms with Gasteiger partial charge in [0, 0.05) is 5.69 Å². The fourth-order valence-corrected chi connectivity index (χ4v) is 1.90. The third kappa shape index (κ3) is 1.43. The first-order valence-electron chi connectivity index (χ1n) is 4.22. The molecule has 1 unspecified atom stereocenters. The Balaban J connectivity index is 2.69. The number of hydrogen-bond donors (Lipinski definition) is 2. The number of aliphatic hydroxyl groups is 1. The lowest BCUT2D eigenvalue weighted by Crippen LogP contribution is -2.17. The van der Waals surface area contributed by atoms with Gasteiger partial charge in [-0.1, -0.05) is 6.07 Å². The Morgan fingerprint density at radius 1 is 1.57 bits per heavy atom. The highest BCUT2D eigenvalue weighted by Crippen LogP contribution is 2.19. The quantitative estimate of drug-likeness (QED) is 0.845. The van der Waals surface area contributed by atoms with Crippen LogP contribution in [-0.4, -0.2) is 21.1 Å². The van der Waals surface area contributed by atoms with Crippen molar-refractivity contribution in [2.75, 3.05) is 6.61 Å². The maximum atomic E-state index is 9.00. The van der Waals surface area contributed by atoms with Crippen LogP contribution in [-0.2, 0) is 0 Å². The molecule has 0 fully saturated rings. The minimum Gasteiger partial charge on any atom is -0.394 e. The van der Waals surface area contributed by atoms with Crippen molar-refractivity contribution in [1.29, 1.82) is 0 Å². The van der Waals surface area contributed by atoms with Gasteiger partial charge in [0.1, 0.15) is 10.3 Å². The molecule has 0 spiro atoms. The van der Waals surface area contributed by atoms with Gasteiger partial charge in [-0.2, -0.15) is 0 Å². The number of nitrogens with zero attached hydrogens (tertiary/aromatic N) is 2. The smallest absolute Gasteiger partial charge is 0.137 e. The van der Waals surface area contributed by atoms with Crippen LogP contribution in [0, 0.1) is 0 Å². The number of fused-ring (bicyclic) bond motifs is 1. The van der Waals surface area contributed by atoms with E-state index in [4.69, 9.17) is 10.8 Å². The van der Waals surface area contributed by atoms with Gasteiger partial charge >= 0.3 is 0 Å². The van der Waals surface area contributed by atoms with Crippen LogP contribution < -0.4 is 5.73 Å². The van der Waals surface area contributed by atoms with Crippen molar-refractivity contribution in [2.24, 2.45) is 5.73 Å². The van der Waals surface area contributed by atoms with Gasteiger partial charge < -0.3 is 10.8 Å². The normalized spacial score (nSPS) is 13.4. The summed E-state index contributed by atoms with van der Waals surface area (Å²) in [6.07, 6.45) is 1.71. The summed E-state index contributed by atoms with van der Waals surface area (Å²) in [6.45, 7) is -0.0796. The summed E-state index contributed by atoms with van der Waals surface area (Å²) in [4.78, 5) is 4.17. The maximum absolute atomic E-state index is 9.00. The average molecular weight is 256 g/mol. The van der Waals surface area contributed by atoms with Crippen LogP contribution in [0.1, 0.15) is 11.7 Å². The first-order chi connectivity index (χ1) is 6.74. The predicted octanol–water partition coefficient (Wildman–Crippen LogP) is 1.09. The van der Waals surface area contributed by atoms with Gasteiger partial charge in [0.25, 0.3) is 0 Å². The lowest BCUT2D eigenvalue weighted by atomic mass is 10.2. The molecule has 2 heterocycles. The van der Waals surface area contributed by atoms with E-state index in [9.17, 15) is 0 Å². The van der Waals surface area contributed by atoms with Crippen molar-refractivity contribution in [1.82, 2.24) is 9.38 Å². The average Bonchev–Trinajstić information content (AvgIpc) is 2.59. The lowest BCUT2D eigenvalue weighted by molar-refractivity contribution is 0.265. The summed E-state index contributed by atoms with van der Waals surface area (Å²) in [6, 6.07) is 5.25. The Morgan fingerprint density at radius 3 is 3.07 bits per heavy atom. The second-order valence-electron chi connectivity index (χ2n) is 3.01. The Kier molecular flexibility index (Phi) is 2.54. The summed E-state index contributed by atoms with van der Waals surface area (Å²) >= 11 is 3.38. The van der Waals surface area contributed by atoms with E-state index in [-0.39, 0.29) is 12.6 Å². The zero-order chi connectivity index (χ0) is 10.1. The van der Waals surface area contributed by atoms with Crippen molar-refractivity contribution in [3.05, 3.63) is 34.7 Å². The molecule has 4 nitrogen and oxygen atoms in total. The minimum atomic E-state index is -0.385. The highest BCUT2D eigenvalue weighted by Gasteiger charge is 2.10. The Hall–Kier alpha value is -0.910. The van der Waals surface area contributed by atoms with Crippen molar-refractivity contribution < 1.29 is 5.11 Å². The van der Waals surface area contributed by atoms with E-state index < -0.39 is 0 Å². The monoisotopic (exact) mass is 255 g/mol. The number of rotatable bonds is 2. The molecule has 0 saturated carbocycles. The molecule has 2 aromatic heterocycles. The fourth-order valence-electron chi connectivity index (χ4n) is 1.41. The Morgan fingerprint density at radius 2 is 2.36 bits per heavy atom. The fraction of sp³-hybridized carbons (Fsp3) is 0.222. The molecule has 0 radical (unpaired) electrons. The summed E-state index contributed by atoms with van der Waals surface area (Å²) in [5.74, 6) is 0. The molecular weight excluding hydrogens is 246 g/mol. The van der Waals surface area contributed by atoms with Crippen LogP contribution in [0.5, 0.6) is 0 Å². The van der Waals surface area contributed by atoms with Crippen molar-refractivity contribution in [3.8, 4) is 0 Å². The van der Waals surface area contributed by atoms with E-state index in [2.05, 4.69) is 20.9 Å². The zero-order valence-corrected chi connectivity index (χ0v) is 8.98. The number of hydrogen-bond acceptors (Lipinski definition) is 3. The minimum absolute atomic E-state index is 0.0796. The third-order valence-electron chi connectivity index (χ3n) is 2.09. The van der Waals surface area contributed by atoms with E-state index in [0.717, 1.165) is 15.9 Å². The largest absolute Gasteiger partial charge is 0.394 e. The van der Waals surface area contributed by atoms with Gasteiger partial charge in [0.05, 0.1) is 18.8 Å². The summed E-state index contributed by atoms with van der Waals surface area (Å²) in [7, 11) is 0. The molecule has 14 heavy (non-hydrogen) atoms. The maximum Gasteiger partial charge on any atom is 0.137 e. The highest BCUT2D eigenvalue weighted by molar-refractivity contribution is 9.10. The Bertz CT molecular complexity index is 454. The van der Waals surface area contributed by atoms with Crippen molar-refractivity contribution in [3.63, 3.8) is 0 Å². The van der Waals surface area contributed by atoms with E-state index >= 15 is 0 Å². The second kappa shape index (κ2) is 3.68. The van der Waals surface area contributed by atoms with Crippen molar-refractivity contribution >= 4 is 21.6 Å². The number of imidazole rings is 1. The first kappa shape index (κ1) is 9.64. The standard InChI is InChI=1S/C9H10BrN3O/c10-8-4-12-9-3-1-2-7(13(8)9)6(11)5-14/h1-4,6,14H,5,11H2. The third-order valence-corrected chi connectivity index (χ3v) is 2.65. The molecule has 0 amide bonds. The van der Waals surface area contributed by atoms with Gasteiger partial charge in [-0.3, -0.25) is 4.40 Å². The van der Waals surface area contributed by atoms with E-state index in [0.29, 0.717) is 0 Å². The number of halogens is 1. The van der Waals surface area contributed by atoms with Crippen LogP contribution in [0.3, 0.4) is 0 Å². The molecule has 3 N–H and O–H groups in total. The van der Waals surface area contributed by atoms with E-state index in [1.165, 1.54) is 0 Å². The van der Waals surface area contributed by atoms with E-state index in [1.807, 2.05) is 22.6 Å². The van der Waals surface area contributed by atoms with Crippen LogP contribution in [0.15, 0.2) is 29.0 Å². The second-order valence-corrected chi connectivity index (χ2v) is 3.83. The van der Waals surface area contributed by atoms with Gasteiger partial charge in [0.15, 0.2) is 0 Å². The molecule has 0 aromatic carbocycles. The topological polar surface area (TPSA) is 63.5 Å². The predicted molar refractivity (Wildman–Crippen MR) is 56.9 cm³/mol. The SMILES string of the molecule is NC(CO)c1cccc2ncc(Br)n12. The molecule has 2 rings (SSSR count). The van der Waals surface area contributed by atoms with Gasteiger partial charge in [-0.25, -0.2) is 4.98 Å². The number of aromatic nitrogens is 2. The van der Waals surface area contributed by atoms with Gasteiger partial charge in [-0.05, 0) is 28.1 Å². The van der Waals surface area contributed by atoms with Crippen LogP contribution in [0.4, 0.5) is 0 Å². The molecule has 0 bridgehead atoms. The molecule has 0 aliphatic heterocycles. The molecule has 2 aromatic rings. The Labute approximate surface area is 89.5 Å². The van der Waals surface area contributed by atoms with Gasteiger partial charge in [0.2, 0.25) is 0 Å². The van der Waals surface area contributed by atoms with Gasteiger partial charge in [-0.15, -0.1) is 0 Å². The zero-order valence-electron chi connectivity index (χ0n) is 7.39. The molecular formula is C9H10BrN3O. The summed E-state index contributed by atoms with van der Waals surface area (Å²) < 4.78 is 2.72. The molecule has 1 atom stereocenters. The lowest BCUT2D eigenvalue weighted by Gasteiger charge is -2.11. The number of nitrogens with two attached hydrogens (primary N) is 1. The number of pyridine rings is 1. The van der Waals surface area contributed by atoms with E-state index in [1.54, 1.807) is 6.20 Å². The summed E-state index contributed by atoms with van der Waals surface area (Å²) in [5.41, 5.74) is 7.43. The highest BCUT2D eigenvalue weighted by atomic mass is 79.9. The molecule has 0 aliphatic carbocycles. The van der Waals surface area contributed by atoms with Crippen LogP contribution >= 0.6 is 15.9 Å². The van der Waals surface area contributed by atoms with Crippen molar-refractivity contribution in [2.45, 2.75) is 6.04 Å². The first-order valence-corrected chi connectivity index (χ1v) is 5.01. The molecule has 74 valence electrons.